The van der Waals surface area contributed by atoms with Gasteiger partial charge < -0.3 is 14.8 Å². The van der Waals surface area contributed by atoms with E-state index in [1.807, 2.05) is 60.7 Å². The van der Waals surface area contributed by atoms with E-state index in [1.54, 1.807) is 14.2 Å². The number of nitrogens with one attached hydrogen (secondary N) is 1. The molecule has 0 spiro atoms. The van der Waals surface area contributed by atoms with Gasteiger partial charge in [0.05, 0.1) is 37.7 Å². The summed E-state index contributed by atoms with van der Waals surface area (Å²) in [6.07, 6.45) is 8.84. The smallest absolute Gasteiger partial charge is 0.229 e. The molecule has 0 radical (unpaired) electrons. The summed E-state index contributed by atoms with van der Waals surface area (Å²) in [5.41, 5.74) is 4.86. The predicted molar refractivity (Wildman–Crippen MR) is 180 cm³/mol. The first-order valence-electron chi connectivity index (χ1n) is 16.7. The number of hydrogen-bond donors (Lipinski definition) is 1. The molecule has 47 heavy (non-hydrogen) atoms. The summed E-state index contributed by atoms with van der Waals surface area (Å²) < 4.78 is 10.4. The molecule has 1 N–H and O–H groups in total. The summed E-state index contributed by atoms with van der Waals surface area (Å²) >= 11 is 0. The SMILES string of the molecule is COc1ccc(CC(=O)Nc2ccc(C3CCCCC(c4ccc(CC5CCC5C(=O)Cc5ccc(OC)cc5)nn4)C3)nn2)cc1. The summed E-state index contributed by atoms with van der Waals surface area (Å²) in [6.45, 7) is 0. The maximum absolute atomic E-state index is 13.0. The van der Waals surface area contributed by atoms with Crippen LogP contribution in [-0.2, 0) is 28.9 Å². The fourth-order valence-electron chi connectivity index (χ4n) is 6.92. The number of rotatable bonds is 12. The average molecular weight is 634 g/mol. The first-order chi connectivity index (χ1) is 23.0. The number of ether oxygens (including phenoxy) is 2. The first kappa shape index (κ1) is 32.3. The van der Waals surface area contributed by atoms with Gasteiger partial charge in [-0.25, -0.2) is 0 Å². The van der Waals surface area contributed by atoms with Crippen molar-refractivity contribution < 1.29 is 19.1 Å². The molecule has 4 unspecified atom stereocenters. The lowest BCUT2D eigenvalue weighted by molar-refractivity contribution is -0.127. The van der Waals surface area contributed by atoms with Gasteiger partial charge in [-0.05, 0) is 104 Å². The molecule has 2 fully saturated rings. The number of benzene rings is 2. The number of ketones is 1. The van der Waals surface area contributed by atoms with Crippen molar-refractivity contribution in [2.75, 3.05) is 19.5 Å². The van der Waals surface area contributed by atoms with E-state index in [2.05, 4.69) is 32.7 Å². The molecule has 4 aromatic rings. The molecule has 9 nitrogen and oxygen atoms in total. The number of carbonyl (C=O) groups excluding carboxylic acids is 2. The Morgan fingerprint density at radius 1 is 0.681 bits per heavy atom. The number of carbonyl (C=O) groups is 2. The van der Waals surface area contributed by atoms with Crippen LogP contribution in [0.2, 0.25) is 0 Å². The number of nitrogens with zero attached hydrogens (tertiary/aromatic N) is 4. The molecule has 0 aliphatic heterocycles. The molecule has 2 saturated carbocycles. The number of hydrogen-bond acceptors (Lipinski definition) is 8. The van der Waals surface area contributed by atoms with Gasteiger partial charge in [-0.3, -0.25) is 9.59 Å². The first-order valence-corrected chi connectivity index (χ1v) is 16.7. The topological polar surface area (TPSA) is 116 Å². The second-order valence-corrected chi connectivity index (χ2v) is 12.9. The number of anilines is 1. The summed E-state index contributed by atoms with van der Waals surface area (Å²) in [4.78, 5) is 25.6. The molecular formula is C38H43N5O4. The zero-order valence-electron chi connectivity index (χ0n) is 27.2. The predicted octanol–water partition coefficient (Wildman–Crippen LogP) is 6.68. The molecule has 6 rings (SSSR count). The molecule has 0 bridgehead atoms. The van der Waals surface area contributed by atoms with Gasteiger partial charge in [-0.2, -0.15) is 15.3 Å². The van der Waals surface area contributed by atoms with E-state index in [9.17, 15) is 9.59 Å². The van der Waals surface area contributed by atoms with Crippen molar-refractivity contribution in [2.24, 2.45) is 11.8 Å². The van der Waals surface area contributed by atoms with Crippen LogP contribution < -0.4 is 14.8 Å². The van der Waals surface area contributed by atoms with Crippen LogP contribution in [0.3, 0.4) is 0 Å². The highest BCUT2D eigenvalue weighted by molar-refractivity contribution is 5.91. The van der Waals surface area contributed by atoms with Crippen molar-refractivity contribution in [2.45, 2.75) is 76.0 Å². The van der Waals surface area contributed by atoms with E-state index in [0.29, 0.717) is 29.9 Å². The molecule has 2 aromatic carbocycles. The van der Waals surface area contributed by atoms with Gasteiger partial charge in [0.1, 0.15) is 17.3 Å². The lowest BCUT2D eigenvalue weighted by Gasteiger charge is -2.35. The van der Waals surface area contributed by atoms with Crippen LogP contribution in [0.15, 0.2) is 72.8 Å². The van der Waals surface area contributed by atoms with Crippen LogP contribution in [0.4, 0.5) is 5.82 Å². The third-order valence-corrected chi connectivity index (χ3v) is 9.82. The summed E-state index contributed by atoms with van der Waals surface area (Å²) in [5, 5.41) is 21.0. The average Bonchev–Trinajstić information content (AvgIpc) is 3.34. The van der Waals surface area contributed by atoms with Crippen LogP contribution in [0.25, 0.3) is 0 Å². The number of amides is 1. The van der Waals surface area contributed by atoms with Gasteiger partial charge in [-0.1, -0.05) is 37.1 Å². The van der Waals surface area contributed by atoms with Gasteiger partial charge in [0.25, 0.3) is 0 Å². The van der Waals surface area contributed by atoms with E-state index in [0.717, 1.165) is 91.1 Å². The minimum absolute atomic E-state index is 0.0931. The van der Waals surface area contributed by atoms with Crippen molar-refractivity contribution in [3.05, 3.63) is 101 Å². The van der Waals surface area contributed by atoms with Gasteiger partial charge >= 0.3 is 0 Å². The molecule has 1 amide bonds. The third kappa shape index (κ3) is 8.39. The van der Waals surface area contributed by atoms with Crippen molar-refractivity contribution in [1.29, 1.82) is 0 Å². The summed E-state index contributed by atoms with van der Waals surface area (Å²) in [7, 11) is 3.27. The number of Topliss-reactive ketones (excluding diaryl/α,β-unsaturated/α-hetero) is 1. The second-order valence-electron chi connectivity index (χ2n) is 12.9. The van der Waals surface area contributed by atoms with Crippen molar-refractivity contribution in [3.63, 3.8) is 0 Å². The molecule has 2 aromatic heterocycles. The van der Waals surface area contributed by atoms with Crippen molar-refractivity contribution >= 4 is 17.5 Å². The van der Waals surface area contributed by atoms with Crippen LogP contribution in [-0.4, -0.2) is 46.3 Å². The zero-order valence-corrected chi connectivity index (χ0v) is 27.2. The normalized spacial score (nSPS) is 20.8. The lowest BCUT2D eigenvalue weighted by Crippen LogP contribution is -2.35. The monoisotopic (exact) mass is 633 g/mol. The fourth-order valence-corrected chi connectivity index (χ4v) is 6.92. The van der Waals surface area contributed by atoms with Crippen LogP contribution >= 0.6 is 0 Å². The van der Waals surface area contributed by atoms with E-state index in [-0.39, 0.29) is 24.2 Å². The molecular weight excluding hydrogens is 590 g/mol. The Morgan fingerprint density at radius 2 is 1.28 bits per heavy atom. The van der Waals surface area contributed by atoms with E-state index >= 15 is 0 Å². The summed E-state index contributed by atoms with van der Waals surface area (Å²) in [5.74, 6) is 3.19. The maximum atomic E-state index is 13.0. The van der Waals surface area contributed by atoms with Crippen molar-refractivity contribution in [3.8, 4) is 11.5 Å². The van der Waals surface area contributed by atoms with Gasteiger partial charge in [0.15, 0.2) is 5.82 Å². The maximum Gasteiger partial charge on any atom is 0.229 e. The highest BCUT2D eigenvalue weighted by atomic mass is 16.5. The van der Waals surface area contributed by atoms with E-state index in [4.69, 9.17) is 14.6 Å². The second kappa shape index (κ2) is 15.3. The lowest BCUT2D eigenvalue weighted by atomic mass is 9.68. The Hall–Kier alpha value is -4.66. The standard InChI is InChI=1S/C38H43N5O4/c1-46-31-13-7-25(8-14-31)21-36(44)33-17-11-27(33)24-30-12-18-34(41-40-30)28-5-3-4-6-29(23-28)35-19-20-37(43-42-35)39-38(45)22-26-9-15-32(47-2)16-10-26/h7-10,12-16,18-20,27-29,33H,3-6,11,17,21-24H2,1-2H3,(H,39,43,45). The molecule has 0 saturated heterocycles. The molecule has 244 valence electrons. The zero-order chi connectivity index (χ0) is 32.6. The van der Waals surface area contributed by atoms with Gasteiger partial charge in [-0.15, -0.1) is 5.10 Å². The quantitative estimate of drug-likeness (QED) is 0.172. The minimum atomic E-state index is -0.137. The third-order valence-electron chi connectivity index (χ3n) is 9.82. The molecule has 9 heteroatoms. The van der Waals surface area contributed by atoms with Crippen LogP contribution in [0.1, 0.15) is 85.0 Å². The Kier molecular flexibility index (Phi) is 10.5. The number of aromatic nitrogens is 4. The van der Waals surface area contributed by atoms with Crippen molar-refractivity contribution in [1.82, 2.24) is 20.4 Å². The largest absolute Gasteiger partial charge is 0.497 e. The highest BCUT2D eigenvalue weighted by Crippen LogP contribution is 2.40. The molecule has 2 heterocycles. The Morgan fingerprint density at radius 3 is 1.79 bits per heavy atom. The van der Waals surface area contributed by atoms with Gasteiger partial charge in [0, 0.05) is 24.2 Å². The highest BCUT2D eigenvalue weighted by Gasteiger charge is 2.36. The Balaban J connectivity index is 1.01. The van der Waals surface area contributed by atoms with Gasteiger partial charge in [0.2, 0.25) is 5.91 Å². The van der Waals surface area contributed by atoms with Crippen LogP contribution in [0, 0.1) is 11.8 Å². The minimum Gasteiger partial charge on any atom is -0.497 e. The van der Waals surface area contributed by atoms with E-state index < -0.39 is 0 Å². The Bertz CT molecular complexity index is 1630. The summed E-state index contributed by atoms with van der Waals surface area (Å²) in [6, 6.07) is 23.3. The molecule has 4 atom stereocenters. The molecule has 2 aliphatic carbocycles. The number of methoxy groups -OCH3 is 2. The molecule has 2 aliphatic rings. The van der Waals surface area contributed by atoms with Crippen LogP contribution in [0.5, 0.6) is 11.5 Å². The van der Waals surface area contributed by atoms with E-state index in [1.165, 1.54) is 0 Å². The fraction of sp³-hybridized carbons (Fsp3) is 0.421. The Labute approximate surface area is 276 Å².